The Morgan fingerprint density at radius 2 is 1.61 bits per heavy atom. The van der Waals surface area contributed by atoms with Gasteiger partial charge in [-0.2, -0.15) is 0 Å². The summed E-state index contributed by atoms with van der Waals surface area (Å²) in [6, 6.07) is 0. The molecule has 0 aromatic heterocycles. The smallest absolute Gasteiger partial charge is 0.200 e. The van der Waals surface area contributed by atoms with Crippen LogP contribution in [0.1, 0.15) is 102 Å². The van der Waals surface area contributed by atoms with E-state index in [1.54, 1.807) is 5.57 Å². The molecule has 0 heterocycles. The molecule has 0 bridgehead atoms. The fourth-order valence-electron chi connectivity index (χ4n) is 5.70. The highest BCUT2D eigenvalue weighted by Gasteiger charge is 2.44. The molecule has 0 aromatic carbocycles. The topological polar surface area (TPSA) is 9.23 Å². The molecule has 1 nitrogen and oxygen atoms in total. The minimum Gasteiger partial charge on any atom is -0.416 e. The van der Waals surface area contributed by atoms with E-state index in [4.69, 9.17) is 4.43 Å². The van der Waals surface area contributed by atoms with Crippen LogP contribution in [0.4, 0.5) is 0 Å². The van der Waals surface area contributed by atoms with E-state index in [0.717, 1.165) is 13.0 Å². The zero-order valence-corrected chi connectivity index (χ0v) is 23.6. The number of allylic oxidation sites excluding steroid dienone is 8. The Morgan fingerprint density at radius 1 is 1.03 bits per heavy atom. The SMILES string of the molecule is CC1=C(/C=C/C(C)=C\C=C\[C@H](C)CCO[Si](C(C)C)(C(C)C)C(C)C)C(C)(C)CCC1. The molecule has 0 aromatic rings. The van der Waals surface area contributed by atoms with Crippen LogP contribution in [0.3, 0.4) is 0 Å². The van der Waals surface area contributed by atoms with Gasteiger partial charge < -0.3 is 4.43 Å². The van der Waals surface area contributed by atoms with Gasteiger partial charge in [0.1, 0.15) is 0 Å². The van der Waals surface area contributed by atoms with Gasteiger partial charge in [-0.3, -0.25) is 0 Å². The Bertz CT molecular complexity index is 651. The molecule has 178 valence electrons. The molecular formula is C29H52OSi. The zero-order valence-electron chi connectivity index (χ0n) is 22.6. The maximum Gasteiger partial charge on any atom is 0.200 e. The van der Waals surface area contributed by atoms with Crippen LogP contribution < -0.4 is 0 Å². The van der Waals surface area contributed by atoms with Crippen LogP contribution in [-0.2, 0) is 4.43 Å². The van der Waals surface area contributed by atoms with Crippen molar-refractivity contribution in [2.24, 2.45) is 11.3 Å². The van der Waals surface area contributed by atoms with E-state index in [0.29, 0.717) is 28.0 Å². The Hall–Kier alpha value is -0.863. The van der Waals surface area contributed by atoms with Gasteiger partial charge >= 0.3 is 0 Å². The van der Waals surface area contributed by atoms with Crippen LogP contribution in [-0.4, -0.2) is 14.9 Å². The van der Waals surface area contributed by atoms with Gasteiger partial charge in [-0.25, -0.2) is 0 Å². The summed E-state index contributed by atoms with van der Waals surface area (Å²) in [5.74, 6) is 0.536. The van der Waals surface area contributed by atoms with Gasteiger partial charge in [-0.1, -0.05) is 104 Å². The minimum atomic E-state index is -1.74. The van der Waals surface area contributed by atoms with Crippen LogP contribution in [0.25, 0.3) is 0 Å². The highest BCUT2D eigenvalue weighted by molar-refractivity contribution is 6.77. The van der Waals surface area contributed by atoms with E-state index in [9.17, 15) is 0 Å². The van der Waals surface area contributed by atoms with Crippen molar-refractivity contribution in [3.05, 3.63) is 47.1 Å². The second-order valence-electron chi connectivity index (χ2n) is 11.5. The second-order valence-corrected chi connectivity index (χ2v) is 17.0. The number of hydrogen-bond acceptors (Lipinski definition) is 1. The first kappa shape index (κ1) is 28.2. The van der Waals surface area contributed by atoms with Crippen molar-refractivity contribution in [3.63, 3.8) is 0 Å². The third-order valence-electron chi connectivity index (χ3n) is 7.49. The quantitative estimate of drug-likeness (QED) is 0.227. The molecule has 2 heteroatoms. The normalized spacial score (nSPS) is 19.6. The van der Waals surface area contributed by atoms with E-state index < -0.39 is 8.32 Å². The Balaban J connectivity index is 2.65. The lowest BCUT2D eigenvalue weighted by Crippen LogP contribution is -2.48. The van der Waals surface area contributed by atoms with Crippen LogP contribution in [0, 0.1) is 11.3 Å². The lowest BCUT2D eigenvalue weighted by atomic mass is 9.72. The molecule has 1 atom stereocenters. The summed E-state index contributed by atoms with van der Waals surface area (Å²) in [7, 11) is -1.74. The molecule has 1 rings (SSSR count). The van der Waals surface area contributed by atoms with E-state index >= 15 is 0 Å². The molecule has 0 fully saturated rings. The predicted octanol–water partition coefficient (Wildman–Crippen LogP) is 9.79. The zero-order chi connectivity index (χ0) is 23.8. The van der Waals surface area contributed by atoms with E-state index in [1.165, 1.54) is 30.4 Å². The molecule has 0 amide bonds. The average Bonchev–Trinajstić information content (AvgIpc) is 2.63. The van der Waals surface area contributed by atoms with Crippen LogP contribution in [0.15, 0.2) is 47.1 Å². The van der Waals surface area contributed by atoms with Crippen molar-refractivity contribution in [3.8, 4) is 0 Å². The van der Waals surface area contributed by atoms with Crippen molar-refractivity contribution in [2.75, 3.05) is 6.61 Å². The van der Waals surface area contributed by atoms with Gasteiger partial charge in [0.2, 0.25) is 0 Å². The second kappa shape index (κ2) is 12.4. The molecular weight excluding hydrogens is 392 g/mol. The summed E-state index contributed by atoms with van der Waals surface area (Å²) in [6.07, 6.45) is 16.4. The predicted molar refractivity (Wildman–Crippen MR) is 143 cm³/mol. The van der Waals surface area contributed by atoms with E-state index in [1.807, 2.05) is 0 Å². The summed E-state index contributed by atoms with van der Waals surface area (Å²) in [5, 5.41) is 0. The van der Waals surface area contributed by atoms with Crippen LogP contribution >= 0.6 is 0 Å². The third kappa shape index (κ3) is 7.89. The summed E-state index contributed by atoms with van der Waals surface area (Å²) < 4.78 is 6.72. The average molecular weight is 445 g/mol. The molecule has 0 radical (unpaired) electrons. The van der Waals surface area contributed by atoms with Gasteiger partial charge in [0.05, 0.1) is 0 Å². The van der Waals surface area contributed by atoms with Gasteiger partial charge in [0.15, 0.2) is 8.32 Å². The monoisotopic (exact) mass is 444 g/mol. The number of rotatable bonds is 11. The molecule has 31 heavy (non-hydrogen) atoms. The first-order valence-corrected chi connectivity index (χ1v) is 14.9. The molecule has 0 aliphatic heterocycles. The third-order valence-corrected chi connectivity index (χ3v) is 13.6. The fourth-order valence-corrected chi connectivity index (χ4v) is 11.2. The molecule has 0 N–H and O–H groups in total. The van der Waals surface area contributed by atoms with Gasteiger partial charge in [-0.05, 0) is 73.1 Å². The maximum absolute atomic E-state index is 6.72. The summed E-state index contributed by atoms with van der Waals surface area (Å²) in [4.78, 5) is 0. The molecule has 0 unspecified atom stereocenters. The molecule has 0 spiro atoms. The first-order chi connectivity index (χ1) is 14.3. The van der Waals surface area contributed by atoms with Crippen molar-refractivity contribution < 1.29 is 4.43 Å². The standard InChI is InChI=1S/C29H52OSi/c1-22(2)31(23(3)4,24(5)6)30-21-19-26(8)15-12-14-25(7)17-18-28-27(9)16-13-20-29(28,10)11/h12,14-15,17-18,22-24,26H,13,16,19-21H2,1-11H3/b15-12+,18-17+,25-14-/t26-/m0/s1. The lowest BCUT2D eigenvalue weighted by molar-refractivity contribution is 0.260. The summed E-state index contributed by atoms with van der Waals surface area (Å²) in [5.41, 5.74) is 6.69. The van der Waals surface area contributed by atoms with Crippen molar-refractivity contribution >= 4 is 8.32 Å². The highest BCUT2D eigenvalue weighted by Crippen LogP contribution is 2.42. The summed E-state index contributed by atoms with van der Waals surface area (Å²) in [6.45, 7) is 26.6. The molecule has 0 saturated carbocycles. The Labute approximate surface area is 196 Å². The first-order valence-electron chi connectivity index (χ1n) is 12.7. The minimum absolute atomic E-state index is 0.309. The van der Waals surface area contributed by atoms with Crippen molar-refractivity contribution in [2.45, 2.75) is 118 Å². The molecule has 1 aliphatic rings. The van der Waals surface area contributed by atoms with Crippen LogP contribution in [0.5, 0.6) is 0 Å². The maximum atomic E-state index is 6.72. The van der Waals surface area contributed by atoms with E-state index in [-0.39, 0.29) is 0 Å². The Kier molecular flexibility index (Phi) is 11.3. The number of hydrogen-bond donors (Lipinski definition) is 0. The van der Waals surface area contributed by atoms with Crippen molar-refractivity contribution in [1.29, 1.82) is 0 Å². The van der Waals surface area contributed by atoms with Gasteiger partial charge in [0.25, 0.3) is 0 Å². The lowest BCUT2D eigenvalue weighted by Gasteiger charge is -2.42. The van der Waals surface area contributed by atoms with Gasteiger partial charge in [-0.15, -0.1) is 0 Å². The largest absolute Gasteiger partial charge is 0.416 e. The fraction of sp³-hybridized carbons (Fsp3) is 0.724. The highest BCUT2D eigenvalue weighted by atomic mass is 28.4. The Morgan fingerprint density at radius 3 is 2.13 bits per heavy atom. The molecule has 0 saturated heterocycles. The van der Waals surface area contributed by atoms with E-state index in [2.05, 4.69) is 107 Å². The van der Waals surface area contributed by atoms with Crippen molar-refractivity contribution in [1.82, 2.24) is 0 Å². The van der Waals surface area contributed by atoms with Gasteiger partial charge in [0, 0.05) is 6.61 Å². The summed E-state index contributed by atoms with van der Waals surface area (Å²) >= 11 is 0. The van der Waals surface area contributed by atoms with Crippen LogP contribution in [0.2, 0.25) is 16.6 Å². The molecule has 1 aliphatic carbocycles.